The molecule has 0 aliphatic carbocycles. The van der Waals surface area contributed by atoms with Crippen LogP contribution in [-0.4, -0.2) is 24.2 Å². The summed E-state index contributed by atoms with van der Waals surface area (Å²) >= 11 is 1.64. The molecule has 1 aromatic heterocycles. The molecule has 0 atom stereocenters. The van der Waals surface area contributed by atoms with Gasteiger partial charge in [0, 0.05) is 16.8 Å². The van der Waals surface area contributed by atoms with Crippen molar-refractivity contribution in [3.63, 3.8) is 0 Å². The van der Waals surface area contributed by atoms with Crippen molar-refractivity contribution in [3.8, 4) is 0 Å². The first-order valence-corrected chi connectivity index (χ1v) is 7.29. The molecule has 1 aromatic carbocycles. The topological polar surface area (TPSA) is 54.5 Å². The number of anilines is 2. The number of aryl methyl sites for hydroxylation is 1. The van der Waals surface area contributed by atoms with Gasteiger partial charge in [0.1, 0.15) is 6.61 Å². The maximum atomic E-state index is 11.5. The van der Waals surface area contributed by atoms with Gasteiger partial charge in [-0.2, -0.15) is 0 Å². The highest BCUT2D eigenvalue weighted by molar-refractivity contribution is 7.09. The predicted molar refractivity (Wildman–Crippen MR) is 79.3 cm³/mol. The molecule has 0 saturated carbocycles. The van der Waals surface area contributed by atoms with Crippen LogP contribution >= 0.6 is 11.3 Å². The molecule has 6 heteroatoms. The third kappa shape index (κ3) is 2.75. The number of ether oxygens (including phenoxy) is 1. The molecule has 5 nitrogen and oxygen atoms in total. The Balaban J connectivity index is 1.69. The highest BCUT2D eigenvalue weighted by Crippen LogP contribution is 2.22. The summed E-state index contributed by atoms with van der Waals surface area (Å²) in [7, 11) is 0. The van der Waals surface area contributed by atoms with Crippen LogP contribution in [-0.2, 0) is 11.3 Å². The van der Waals surface area contributed by atoms with Crippen molar-refractivity contribution >= 4 is 28.8 Å². The maximum absolute atomic E-state index is 11.5. The summed E-state index contributed by atoms with van der Waals surface area (Å²) in [4.78, 5) is 17.6. The molecule has 1 fully saturated rings. The van der Waals surface area contributed by atoms with E-state index in [0.29, 0.717) is 19.7 Å². The fourth-order valence-corrected chi connectivity index (χ4v) is 2.71. The Hall–Kier alpha value is -2.08. The van der Waals surface area contributed by atoms with E-state index in [1.54, 1.807) is 16.2 Å². The van der Waals surface area contributed by atoms with Gasteiger partial charge >= 0.3 is 6.09 Å². The number of nitrogens with zero attached hydrogens (tertiary/aromatic N) is 2. The van der Waals surface area contributed by atoms with E-state index in [0.717, 1.165) is 22.1 Å². The SMILES string of the molecule is Cc1nc(CNc2cccc(N3CCOC3=O)c2)cs1. The van der Waals surface area contributed by atoms with E-state index in [9.17, 15) is 4.79 Å². The fraction of sp³-hybridized carbons (Fsp3) is 0.286. The van der Waals surface area contributed by atoms with Crippen LogP contribution in [0.15, 0.2) is 29.6 Å². The van der Waals surface area contributed by atoms with Gasteiger partial charge in [0.25, 0.3) is 0 Å². The van der Waals surface area contributed by atoms with E-state index in [4.69, 9.17) is 4.74 Å². The van der Waals surface area contributed by atoms with Crippen molar-refractivity contribution in [1.82, 2.24) is 4.98 Å². The molecule has 0 bridgehead atoms. The highest BCUT2D eigenvalue weighted by Gasteiger charge is 2.23. The third-order valence-corrected chi connectivity index (χ3v) is 3.88. The van der Waals surface area contributed by atoms with Crippen LogP contribution in [0.3, 0.4) is 0 Å². The Bertz CT molecular complexity index is 626. The largest absolute Gasteiger partial charge is 0.447 e. The van der Waals surface area contributed by atoms with Crippen molar-refractivity contribution in [2.45, 2.75) is 13.5 Å². The van der Waals surface area contributed by atoms with Crippen LogP contribution in [0.1, 0.15) is 10.7 Å². The van der Waals surface area contributed by atoms with Crippen LogP contribution in [0.2, 0.25) is 0 Å². The second kappa shape index (κ2) is 5.50. The average Bonchev–Trinajstić information content (AvgIpc) is 3.05. The first-order valence-electron chi connectivity index (χ1n) is 6.41. The Kier molecular flexibility index (Phi) is 3.56. The van der Waals surface area contributed by atoms with Gasteiger partial charge in [-0.25, -0.2) is 9.78 Å². The zero-order chi connectivity index (χ0) is 13.9. The number of rotatable bonds is 4. The number of aromatic nitrogens is 1. The third-order valence-electron chi connectivity index (χ3n) is 3.06. The van der Waals surface area contributed by atoms with Crippen molar-refractivity contribution < 1.29 is 9.53 Å². The molecule has 0 spiro atoms. The van der Waals surface area contributed by atoms with Gasteiger partial charge in [0.15, 0.2) is 0 Å². The van der Waals surface area contributed by atoms with Crippen molar-refractivity contribution in [3.05, 3.63) is 40.3 Å². The van der Waals surface area contributed by atoms with Crippen molar-refractivity contribution in [1.29, 1.82) is 0 Å². The molecule has 2 aromatic rings. The second-order valence-electron chi connectivity index (χ2n) is 4.53. The molecular formula is C14H15N3O2S. The summed E-state index contributed by atoms with van der Waals surface area (Å²) < 4.78 is 4.95. The number of cyclic esters (lactones) is 1. The number of thiazole rings is 1. The molecule has 1 aliphatic rings. The number of hydrogen-bond acceptors (Lipinski definition) is 5. The lowest BCUT2D eigenvalue weighted by molar-refractivity contribution is 0.181. The number of amides is 1. The average molecular weight is 289 g/mol. The van der Waals surface area contributed by atoms with Gasteiger partial charge in [0.05, 0.1) is 23.8 Å². The van der Waals surface area contributed by atoms with Crippen LogP contribution < -0.4 is 10.2 Å². The van der Waals surface area contributed by atoms with Gasteiger partial charge < -0.3 is 10.1 Å². The molecule has 104 valence electrons. The summed E-state index contributed by atoms with van der Waals surface area (Å²) in [6.07, 6.45) is -0.280. The number of benzene rings is 1. The minimum absolute atomic E-state index is 0.280. The van der Waals surface area contributed by atoms with Gasteiger partial charge in [0.2, 0.25) is 0 Å². The molecule has 1 saturated heterocycles. The van der Waals surface area contributed by atoms with Gasteiger partial charge in [-0.05, 0) is 25.1 Å². The van der Waals surface area contributed by atoms with E-state index >= 15 is 0 Å². The standard InChI is InChI=1S/C14H15N3O2S/c1-10-16-12(9-20-10)8-15-11-3-2-4-13(7-11)17-5-6-19-14(17)18/h2-4,7,9,15H,5-6,8H2,1H3. The summed E-state index contributed by atoms with van der Waals surface area (Å²) in [5.74, 6) is 0. The number of carbonyl (C=O) groups excluding carboxylic acids is 1. The summed E-state index contributed by atoms with van der Waals surface area (Å²) in [6.45, 7) is 3.73. The molecule has 1 amide bonds. The lowest BCUT2D eigenvalue weighted by Gasteiger charge is -2.14. The Morgan fingerprint density at radius 3 is 3.10 bits per heavy atom. The second-order valence-corrected chi connectivity index (χ2v) is 5.59. The molecule has 1 N–H and O–H groups in total. The molecule has 0 radical (unpaired) electrons. The van der Waals surface area contributed by atoms with Crippen LogP contribution in [0, 0.1) is 6.92 Å². The number of carbonyl (C=O) groups is 1. The zero-order valence-corrected chi connectivity index (χ0v) is 11.9. The van der Waals surface area contributed by atoms with E-state index in [1.165, 1.54) is 0 Å². The molecule has 2 heterocycles. The smallest absolute Gasteiger partial charge is 0.414 e. The number of nitrogens with one attached hydrogen (secondary N) is 1. The summed E-state index contributed by atoms with van der Waals surface area (Å²) in [5.41, 5.74) is 2.85. The molecule has 0 unspecified atom stereocenters. The van der Waals surface area contributed by atoms with Crippen LogP contribution in [0.25, 0.3) is 0 Å². The van der Waals surface area contributed by atoms with E-state index in [1.807, 2.05) is 36.6 Å². The molecule has 1 aliphatic heterocycles. The summed E-state index contributed by atoms with van der Waals surface area (Å²) in [5, 5.41) is 6.43. The van der Waals surface area contributed by atoms with Crippen molar-refractivity contribution in [2.75, 3.05) is 23.4 Å². The summed E-state index contributed by atoms with van der Waals surface area (Å²) in [6, 6.07) is 7.76. The lowest BCUT2D eigenvalue weighted by Crippen LogP contribution is -2.23. The maximum Gasteiger partial charge on any atom is 0.414 e. The molecule has 3 rings (SSSR count). The number of hydrogen-bond donors (Lipinski definition) is 1. The first kappa shape index (κ1) is 12.9. The predicted octanol–water partition coefficient (Wildman–Crippen LogP) is 3.02. The Labute approximate surface area is 121 Å². The minimum Gasteiger partial charge on any atom is -0.447 e. The first-order chi connectivity index (χ1) is 9.72. The quantitative estimate of drug-likeness (QED) is 0.940. The molecular weight excluding hydrogens is 274 g/mol. The van der Waals surface area contributed by atoms with Crippen LogP contribution in [0.4, 0.5) is 16.2 Å². The molecule has 20 heavy (non-hydrogen) atoms. The normalized spacial score (nSPS) is 14.4. The van der Waals surface area contributed by atoms with E-state index < -0.39 is 0 Å². The Morgan fingerprint density at radius 2 is 2.40 bits per heavy atom. The minimum atomic E-state index is -0.280. The zero-order valence-electron chi connectivity index (χ0n) is 11.1. The lowest BCUT2D eigenvalue weighted by atomic mass is 10.2. The van der Waals surface area contributed by atoms with Crippen LogP contribution in [0.5, 0.6) is 0 Å². The fourth-order valence-electron chi connectivity index (χ4n) is 2.09. The highest BCUT2D eigenvalue weighted by atomic mass is 32.1. The van der Waals surface area contributed by atoms with E-state index in [2.05, 4.69) is 10.3 Å². The van der Waals surface area contributed by atoms with Crippen molar-refractivity contribution in [2.24, 2.45) is 0 Å². The van der Waals surface area contributed by atoms with Gasteiger partial charge in [-0.15, -0.1) is 11.3 Å². The monoisotopic (exact) mass is 289 g/mol. The Morgan fingerprint density at radius 1 is 1.50 bits per heavy atom. The van der Waals surface area contributed by atoms with Gasteiger partial charge in [-0.1, -0.05) is 6.07 Å². The van der Waals surface area contributed by atoms with E-state index in [-0.39, 0.29) is 6.09 Å². The van der Waals surface area contributed by atoms with Gasteiger partial charge in [-0.3, -0.25) is 4.90 Å².